The molecule has 0 fully saturated rings. The van der Waals surface area contributed by atoms with E-state index in [0.717, 1.165) is 0 Å². The molecule has 2 aromatic rings. The summed E-state index contributed by atoms with van der Waals surface area (Å²) >= 11 is 0. The van der Waals surface area contributed by atoms with Crippen LogP contribution in [0, 0.1) is 10.1 Å². The van der Waals surface area contributed by atoms with E-state index in [1.165, 1.54) is 24.4 Å². The average molecular weight is 401 g/mol. The van der Waals surface area contributed by atoms with Crippen molar-refractivity contribution in [1.82, 2.24) is 5.43 Å². The molecule has 0 spiro atoms. The summed E-state index contributed by atoms with van der Waals surface area (Å²) in [4.78, 5) is 22.8. The summed E-state index contributed by atoms with van der Waals surface area (Å²) in [6.07, 6.45) is 1.33. The van der Waals surface area contributed by atoms with Gasteiger partial charge in [0.05, 0.1) is 31.0 Å². The van der Waals surface area contributed by atoms with Gasteiger partial charge in [-0.05, 0) is 32.9 Å². The van der Waals surface area contributed by atoms with E-state index in [9.17, 15) is 14.9 Å². The predicted molar refractivity (Wildman–Crippen MR) is 108 cm³/mol. The number of benzene rings is 2. The lowest BCUT2D eigenvalue weighted by molar-refractivity contribution is -0.384. The second kappa shape index (κ2) is 10.6. The van der Waals surface area contributed by atoms with E-state index in [1.807, 2.05) is 20.8 Å². The van der Waals surface area contributed by atoms with Crippen LogP contribution in [-0.2, 0) is 0 Å². The van der Waals surface area contributed by atoms with Crippen molar-refractivity contribution in [1.29, 1.82) is 0 Å². The normalized spacial score (nSPS) is 10.6. The number of nitro groups is 1. The minimum Gasteiger partial charge on any atom is -0.490 e. The Hall–Kier alpha value is -3.62. The van der Waals surface area contributed by atoms with Crippen molar-refractivity contribution in [3.63, 3.8) is 0 Å². The minimum atomic E-state index is -0.500. The number of hydrogen-bond acceptors (Lipinski definition) is 7. The number of amides is 1. The van der Waals surface area contributed by atoms with Gasteiger partial charge in [-0.15, -0.1) is 0 Å². The third-order valence-electron chi connectivity index (χ3n) is 3.63. The molecule has 0 aliphatic carbocycles. The summed E-state index contributed by atoms with van der Waals surface area (Å²) in [6.45, 7) is 6.69. The zero-order valence-electron chi connectivity index (χ0n) is 16.5. The van der Waals surface area contributed by atoms with Gasteiger partial charge in [-0.25, -0.2) is 5.43 Å². The molecular formula is C20H23N3O6. The monoisotopic (exact) mass is 401 g/mol. The van der Waals surface area contributed by atoms with E-state index < -0.39 is 10.8 Å². The number of carbonyl (C=O) groups is 1. The number of ether oxygens (including phenoxy) is 3. The van der Waals surface area contributed by atoms with Crippen molar-refractivity contribution in [2.45, 2.75) is 20.8 Å². The second-order valence-corrected chi connectivity index (χ2v) is 5.65. The molecule has 0 radical (unpaired) electrons. The van der Waals surface area contributed by atoms with E-state index in [2.05, 4.69) is 10.5 Å². The van der Waals surface area contributed by atoms with E-state index in [1.54, 1.807) is 18.2 Å². The van der Waals surface area contributed by atoms with Crippen LogP contribution in [0.15, 0.2) is 41.5 Å². The number of non-ortho nitro benzene ring substituents is 1. The van der Waals surface area contributed by atoms with Crippen LogP contribution in [0.5, 0.6) is 17.2 Å². The molecule has 0 saturated heterocycles. The van der Waals surface area contributed by atoms with Crippen molar-refractivity contribution >= 4 is 17.8 Å². The number of carbonyl (C=O) groups excluding carboxylic acids is 1. The van der Waals surface area contributed by atoms with Crippen molar-refractivity contribution in [2.75, 3.05) is 19.8 Å². The van der Waals surface area contributed by atoms with Crippen LogP contribution >= 0.6 is 0 Å². The highest BCUT2D eigenvalue weighted by Gasteiger charge is 2.18. The first-order chi connectivity index (χ1) is 14.0. The molecule has 1 N–H and O–H groups in total. The smallest absolute Gasteiger partial charge is 0.271 e. The Bertz CT molecular complexity index is 871. The topological polar surface area (TPSA) is 112 Å². The molecule has 0 bridgehead atoms. The molecule has 2 aromatic carbocycles. The molecule has 0 atom stereocenters. The molecule has 9 nitrogen and oxygen atoms in total. The highest BCUT2D eigenvalue weighted by Crippen LogP contribution is 2.39. The van der Waals surface area contributed by atoms with Crippen molar-refractivity contribution in [3.05, 3.63) is 57.6 Å². The Morgan fingerprint density at radius 3 is 2.24 bits per heavy atom. The zero-order chi connectivity index (χ0) is 21.2. The zero-order valence-corrected chi connectivity index (χ0v) is 16.5. The number of nitrogens with one attached hydrogen (secondary N) is 1. The molecule has 0 heterocycles. The lowest BCUT2D eigenvalue weighted by atomic mass is 10.1. The van der Waals surface area contributed by atoms with Crippen LogP contribution in [0.1, 0.15) is 36.7 Å². The Balaban J connectivity index is 2.23. The molecule has 9 heteroatoms. The molecular weight excluding hydrogens is 378 g/mol. The lowest BCUT2D eigenvalue weighted by Crippen LogP contribution is -2.18. The summed E-state index contributed by atoms with van der Waals surface area (Å²) in [5.74, 6) is 0.741. The molecule has 0 saturated carbocycles. The highest BCUT2D eigenvalue weighted by molar-refractivity contribution is 5.96. The van der Waals surface area contributed by atoms with Crippen LogP contribution < -0.4 is 19.6 Å². The molecule has 0 unspecified atom stereocenters. The van der Waals surface area contributed by atoms with Crippen LogP contribution in [0.3, 0.4) is 0 Å². The fraction of sp³-hybridized carbons (Fsp3) is 0.300. The van der Waals surface area contributed by atoms with Gasteiger partial charge in [0.25, 0.3) is 11.6 Å². The Morgan fingerprint density at radius 2 is 1.69 bits per heavy atom. The number of rotatable bonds is 10. The van der Waals surface area contributed by atoms with Gasteiger partial charge in [-0.3, -0.25) is 14.9 Å². The predicted octanol–water partition coefficient (Wildman–Crippen LogP) is 3.55. The first-order valence-electron chi connectivity index (χ1n) is 9.14. The van der Waals surface area contributed by atoms with Crippen molar-refractivity contribution < 1.29 is 23.9 Å². The maximum Gasteiger partial charge on any atom is 0.271 e. The van der Waals surface area contributed by atoms with Crippen LogP contribution in [-0.4, -0.2) is 36.9 Å². The van der Waals surface area contributed by atoms with Gasteiger partial charge >= 0.3 is 0 Å². The van der Waals surface area contributed by atoms with Gasteiger partial charge in [0.15, 0.2) is 11.5 Å². The third kappa shape index (κ3) is 5.93. The second-order valence-electron chi connectivity index (χ2n) is 5.65. The van der Waals surface area contributed by atoms with Crippen LogP contribution in [0.4, 0.5) is 5.69 Å². The van der Waals surface area contributed by atoms with Gasteiger partial charge < -0.3 is 14.2 Å². The Labute approximate surface area is 168 Å². The quantitative estimate of drug-likeness (QED) is 0.370. The number of nitrogens with zero attached hydrogens (tertiary/aromatic N) is 2. The largest absolute Gasteiger partial charge is 0.490 e. The van der Waals surface area contributed by atoms with Crippen molar-refractivity contribution in [2.24, 2.45) is 5.10 Å². The first kappa shape index (κ1) is 21.7. The maximum absolute atomic E-state index is 12.5. The van der Waals surface area contributed by atoms with Gasteiger partial charge in [-0.1, -0.05) is 12.1 Å². The fourth-order valence-corrected chi connectivity index (χ4v) is 2.47. The lowest BCUT2D eigenvalue weighted by Gasteiger charge is -2.16. The molecule has 1 amide bonds. The van der Waals surface area contributed by atoms with Crippen LogP contribution in [0.2, 0.25) is 0 Å². The first-order valence-corrected chi connectivity index (χ1v) is 9.14. The molecule has 0 aliphatic heterocycles. The van der Waals surface area contributed by atoms with Crippen molar-refractivity contribution in [3.8, 4) is 17.2 Å². The van der Waals surface area contributed by atoms with E-state index in [0.29, 0.717) is 42.6 Å². The summed E-state index contributed by atoms with van der Waals surface area (Å²) < 4.78 is 16.8. The Kier molecular flexibility index (Phi) is 7.96. The van der Waals surface area contributed by atoms with Gasteiger partial charge in [0.1, 0.15) is 0 Å². The molecule has 154 valence electrons. The summed E-state index contributed by atoms with van der Waals surface area (Å²) in [5, 5.41) is 14.7. The Morgan fingerprint density at radius 1 is 1.07 bits per heavy atom. The number of hydrazone groups is 1. The summed E-state index contributed by atoms with van der Waals surface area (Å²) in [6, 6.07) is 9.01. The molecule has 0 aliphatic rings. The minimum absolute atomic E-state index is 0.0606. The van der Waals surface area contributed by atoms with E-state index in [-0.39, 0.29) is 11.3 Å². The van der Waals surface area contributed by atoms with E-state index >= 15 is 0 Å². The summed E-state index contributed by atoms with van der Waals surface area (Å²) in [7, 11) is 0. The average Bonchev–Trinajstić information content (AvgIpc) is 2.70. The fourth-order valence-electron chi connectivity index (χ4n) is 2.47. The molecule has 2 rings (SSSR count). The van der Waals surface area contributed by atoms with Crippen LogP contribution in [0.25, 0.3) is 0 Å². The summed E-state index contributed by atoms with van der Waals surface area (Å²) in [5.41, 5.74) is 3.09. The van der Waals surface area contributed by atoms with Gasteiger partial charge in [0.2, 0.25) is 5.75 Å². The van der Waals surface area contributed by atoms with Gasteiger partial charge in [-0.2, -0.15) is 5.10 Å². The maximum atomic E-state index is 12.5. The highest BCUT2D eigenvalue weighted by atomic mass is 16.6. The number of nitro benzene ring substituents is 1. The number of hydrogen-bond donors (Lipinski definition) is 1. The van der Waals surface area contributed by atoms with Gasteiger partial charge in [0, 0.05) is 23.3 Å². The SMILES string of the molecule is CCOc1cc(C(=O)N/N=C\c2cccc([N+](=O)[O-])c2)cc(OCC)c1OCC. The standard InChI is InChI=1S/C20H23N3O6/c1-4-27-17-11-15(12-18(28-5-2)19(17)29-6-3)20(24)22-21-13-14-8-7-9-16(10-14)23(25)26/h7-13H,4-6H2,1-3H3,(H,22,24)/b21-13-. The molecule has 0 aromatic heterocycles. The molecule has 29 heavy (non-hydrogen) atoms. The third-order valence-corrected chi connectivity index (χ3v) is 3.63. The van der Waals surface area contributed by atoms with E-state index in [4.69, 9.17) is 14.2 Å².